The van der Waals surface area contributed by atoms with Gasteiger partial charge < -0.3 is 15.4 Å². The van der Waals surface area contributed by atoms with E-state index in [9.17, 15) is 0 Å². The third-order valence-electron chi connectivity index (χ3n) is 2.71. The van der Waals surface area contributed by atoms with Gasteiger partial charge in [0, 0.05) is 13.1 Å². The van der Waals surface area contributed by atoms with E-state index in [1.165, 1.54) is 7.11 Å². The van der Waals surface area contributed by atoms with Gasteiger partial charge >= 0.3 is 6.01 Å². The number of aromatic nitrogens is 3. The molecule has 0 radical (unpaired) electrons. The minimum Gasteiger partial charge on any atom is -0.467 e. The van der Waals surface area contributed by atoms with Gasteiger partial charge in [-0.1, -0.05) is 20.8 Å². The molecule has 0 aliphatic rings. The highest BCUT2D eigenvalue weighted by Crippen LogP contribution is 2.21. The molecule has 0 amide bonds. The summed E-state index contributed by atoms with van der Waals surface area (Å²) in [6, 6.07) is 0.224. The summed E-state index contributed by atoms with van der Waals surface area (Å²) in [6.45, 7) is 8.48. The molecule has 6 nitrogen and oxygen atoms in total. The van der Waals surface area contributed by atoms with Crippen LogP contribution in [0.1, 0.15) is 27.2 Å². The summed E-state index contributed by atoms with van der Waals surface area (Å²) in [5.74, 6) is 0.528. The van der Waals surface area contributed by atoms with E-state index in [4.69, 9.17) is 22.1 Å². The SMILES string of the molecule is CCCN(CC(C)(C)CN)c1nc(Cl)nc(OC)n1. The summed E-state index contributed by atoms with van der Waals surface area (Å²) < 4.78 is 5.02. The van der Waals surface area contributed by atoms with E-state index in [1.807, 2.05) is 0 Å². The van der Waals surface area contributed by atoms with Crippen molar-refractivity contribution in [3.05, 3.63) is 5.28 Å². The average Bonchev–Trinajstić information content (AvgIpc) is 2.37. The topological polar surface area (TPSA) is 77.2 Å². The largest absolute Gasteiger partial charge is 0.467 e. The Morgan fingerprint density at radius 3 is 2.53 bits per heavy atom. The molecule has 2 N–H and O–H groups in total. The van der Waals surface area contributed by atoms with Gasteiger partial charge in [0.25, 0.3) is 0 Å². The van der Waals surface area contributed by atoms with E-state index in [1.54, 1.807) is 0 Å². The van der Waals surface area contributed by atoms with Crippen LogP contribution < -0.4 is 15.4 Å². The molecule has 1 aromatic rings. The number of anilines is 1. The van der Waals surface area contributed by atoms with Gasteiger partial charge in [-0.15, -0.1) is 0 Å². The highest BCUT2D eigenvalue weighted by molar-refractivity contribution is 6.28. The molecule has 108 valence electrons. The minimum absolute atomic E-state index is 0.0263. The van der Waals surface area contributed by atoms with E-state index in [-0.39, 0.29) is 16.7 Å². The smallest absolute Gasteiger partial charge is 0.322 e. The lowest BCUT2D eigenvalue weighted by Crippen LogP contribution is -2.40. The Bertz CT molecular complexity index is 413. The van der Waals surface area contributed by atoms with Gasteiger partial charge in [0.2, 0.25) is 11.2 Å². The Hall–Kier alpha value is -1.14. The lowest BCUT2D eigenvalue weighted by molar-refractivity contribution is 0.365. The first-order chi connectivity index (χ1) is 8.91. The van der Waals surface area contributed by atoms with Crippen LogP contribution in [0.2, 0.25) is 5.28 Å². The second-order valence-electron chi connectivity index (χ2n) is 5.18. The monoisotopic (exact) mass is 287 g/mol. The summed E-state index contributed by atoms with van der Waals surface area (Å²) in [4.78, 5) is 14.4. The van der Waals surface area contributed by atoms with E-state index >= 15 is 0 Å². The molecule has 0 aliphatic heterocycles. The molecule has 19 heavy (non-hydrogen) atoms. The fraction of sp³-hybridized carbons (Fsp3) is 0.750. The Morgan fingerprint density at radius 1 is 1.32 bits per heavy atom. The Balaban J connectivity index is 3.01. The summed E-state index contributed by atoms with van der Waals surface area (Å²) >= 11 is 5.88. The molecule has 0 atom stereocenters. The lowest BCUT2D eigenvalue weighted by atomic mass is 9.93. The van der Waals surface area contributed by atoms with Crippen LogP contribution in [0.25, 0.3) is 0 Å². The van der Waals surface area contributed by atoms with E-state index in [0.717, 1.165) is 19.5 Å². The zero-order chi connectivity index (χ0) is 14.5. The van der Waals surface area contributed by atoms with Crippen LogP contribution in [0.4, 0.5) is 5.95 Å². The molecule has 1 aromatic heterocycles. The van der Waals surface area contributed by atoms with Crippen molar-refractivity contribution >= 4 is 17.5 Å². The van der Waals surface area contributed by atoms with Gasteiger partial charge in [-0.3, -0.25) is 0 Å². The number of nitrogens with two attached hydrogens (primary N) is 1. The molecule has 7 heteroatoms. The van der Waals surface area contributed by atoms with Gasteiger partial charge in [-0.2, -0.15) is 15.0 Å². The summed E-state index contributed by atoms with van der Waals surface area (Å²) in [6.07, 6.45) is 0.978. The summed E-state index contributed by atoms with van der Waals surface area (Å²) in [7, 11) is 1.50. The van der Waals surface area contributed by atoms with Crippen LogP contribution in [-0.2, 0) is 0 Å². The van der Waals surface area contributed by atoms with Crippen molar-refractivity contribution in [2.24, 2.45) is 11.1 Å². The number of ether oxygens (including phenoxy) is 1. The van der Waals surface area contributed by atoms with Crippen molar-refractivity contribution in [1.82, 2.24) is 15.0 Å². The van der Waals surface area contributed by atoms with Crippen molar-refractivity contribution in [2.75, 3.05) is 31.6 Å². The summed E-state index contributed by atoms with van der Waals surface area (Å²) in [5, 5.41) is 0.133. The Labute approximate surface area is 119 Å². The highest BCUT2D eigenvalue weighted by atomic mass is 35.5. The van der Waals surface area contributed by atoms with Crippen molar-refractivity contribution in [3.63, 3.8) is 0 Å². The Kier molecular flexibility index (Phi) is 5.75. The third-order valence-corrected chi connectivity index (χ3v) is 2.88. The van der Waals surface area contributed by atoms with Gasteiger partial charge in [0.15, 0.2) is 0 Å². The van der Waals surface area contributed by atoms with Gasteiger partial charge in [-0.25, -0.2) is 0 Å². The Morgan fingerprint density at radius 2 is 2.00 bits per heavy atom. The molecule has 1 rings (SSSR count). The predicted octanol–water partition coefficient (Wildman–Crippen LogP) is 1.73. The van der Waals surface area contributed by atoms with Crippen LogP contribution in [0.15, 0.2) is 0 Å². The van der Waals surface area contributed by atoms with Crippen molar-refractivity contribution < 1.29 is 4.74 Å². The van der Waals surface area contributed by atoms with Crippen LogP contribution >= 0.6 is 11.6 Å². The van der Waals surface area contributed by atoms with Crippen molar-refractivity contribution in [3.8, 4) is 6.01 Å². The number of halogens is 1. The number of methoxy groups -OCH3 is 1. The zero-order valence-electron chi connectivity index (χ0n) is 12.0. The maximum atomic E-state index is 5.88. The van der Waals surface area contributed by atoms with Crippen LogP contribution in [0.3, 0.4) is 0 Å². The molecule has 0 fully saturated rings. The quantitative estimate of drug-likeness (QED) is 0.823. The molecular formula is C12H22ClN5O. The standard InChI is InChI=1S/C12H22ClN5O/c1-5-6-18(8-12(2,3)7-14)10-15-9(13)16-11(17-10)19-4/h5-8,14H2,1-4H3. The van der Waals surface area contributed by atoms with Crippen LogP contribution in [0, 0.1) is 5.41 Å². The van der Waals surface area contributed by atoms with Crippen molar-refractivity contribution in [1.29, 1.82) is 0 Å². The first-order valence-electron chi connectivity index (χ1n) is 6.32. The minimum atomic E-state index is -0.0263. The molecule has 0 aliphatic carbocycles. The molecule has 0 aromatic carbocycles. The maximum Gasteiger partial charge on any atom is 0.322 e. The van der Waals surface area contributed by atoms with Crippen molar-refractivity contribution in [2.45, 2.75) is 27.2 Å². The van der Waals surface area contributed by atoms with E-state index in [0.29, 0.717) is 12.5 Å². The number of hydrogen-bond donors (Lipinski definition) is 1. The second kappa shape index (κ2) is 6.86. The molecular weight excluding hydrogens is 266 g/mol. The molecule has 0 bridgehead atoms. The lowest BCUT2D eigenvalue weighted by Gasteiger charge is -2.31. The number of rotatable bonds is 7. The summed E-state index contributed by atoms with van der Waals surface area (Å²) in [5.41, 5.74) is 5.76. The second-order valence-corrected chi connectivity index (χ2v) is 5.52. The average molecular weight is 288 g/mol. The first-order valence-corrected chi connectivity index (χ1v) is 6.70. The van der Waals surface area contributed by atoms with Gasteiger partial charge in [0.05, 0.1) is 7.11 Å². The number of nitrogens with zero attached hydrogens (tertiary/aromatic N) is 4. The molecule has 0 spiro atoms. The van der Waals surface area contributed by atoms with E-state index < -0.39 is 0 Å². The maximum absolute atomic E-state index is 5.88. The predicted molar refractivity (Wildman–Crippen MR) is 76.7 cm³/mol. The molecule has 1 heterocycles. The van der Waals surface area contributed by atoms with E-state index in [2.05, 4.69) is 40.6 Å². The molecule has 0 saturated carbocycles. The van der Waals surface area contributed by atoms with Crippen LogP contribution in [-0.4, -0.2) is 41.7 Å². The number of hydrogen-bond acceptors (Lipinski definition) is 6. The zero-order valence-corrected chi connectivity index (χ0v) is 12.7. The van der Waals surface area contributed by atoms with Gasteiger partial charge in [-0.05, 0) is 30.0 Å². The normalized spacial score (nSPS) is 11.5. The first kappa shape index (κ1) is 15.9. The fourth-order valence-corrected chi connectivity index (χ4v) is 1.80. The van der Waals surface area contributed by atoms with Crippen LogP contribution in [0.5, 0.6) is 6.01 Å². The fourth-order valence-electron chi connectivity index (χ4n) is 1.66. The molecule has 0 unspecified atom stereocenters. The third kappa shape index (κ3) is 4.80. The highest BCUT2D eigenvalue weighted by Gasteiger charge is 2.22. The molecule has 0 saturated heterocycles. The van der Waals surface area contributed by atoms with Gasteiger partial charge in [0.1, 0.15) is 0 Å².